The molecule has 218 valence electrons. The molecule has 0 spiro atoms. The Morgan fingerprint density at radius 1 is 1.05 bits per heavy atom. The highest BCUT2D eigenvalue weighted by molar-refractivity contribution is 8.00. The maximum atomic E-state index is 13.8. The highest BCUT2D eigenvalue weighted by Crippen LogP contribution is 2.36. The number of amides is 1. The lowest BCUT2D eigenvalue weighted by Gasteiger charge is -2.36. The highest BCUT2D eigenvalue weighted by Gasteiger charge is 2.27. The predicted octanol–water partition coefficient (Wildman–Crippen LogP) is 4.08. The second-order valence-electron chi connectivity index (χ2n) is 10.0. The van der Waals surface area contributed by atoms with Crippen LogP contribution >= 0.6 is 11.8 Å². The molecule has 0 saturated carbocycles. The van der Waals surface area contributed by atoms with Crippen molar-refractivity contribution in [1.29, 1.82) is 0 Å². The van der Waals surface area contributed by atoms with E-state index in [1.807, 2.05) is 23.1 Å². The van der Waals surface area contributed by atoms with Gasteiger partial charge in [-0.25, -0.2) is 4.98 Å². The Kier molecular flexibility index (Phi) is 9.33. The van der Waals surface area contributed by atoms with Crippen molar-refractivity contribution in [2.75, 3.05) is 44.5 Å². The molecule has 2 aliphatic rings. The van der Waals surface area contributed by atoms with Crippen LogP contribution in [0.4, 0.5) is 5.69 Å². The van der Waals surface area contributed by atoms with Gasteiger partial charge in [0.2, 0.25) is 12.7 Å². The van der Waals surface area contributed by atoms with Gasteiger partial charge in [-0.3, -0.25) is 19.0 Å². The van der Waals surface area contributed by atoms with Gasteiger partial charge in [-0.2, -0.15) is 0 Å². The van der Waals surface area contributed by atoms with Crippen molar-refractivity contribution in [3.8, 4) is 11.5 Å². The van der Waals surface area contributed by atoms with Crippen LogP contribution in [0, 0.1) is 0 Å². The van der Waals surface area contributed by atoms with Gasteiger partial charge in [0.1, 0.15) is 5.25 Å². The molecule has 0 N–H and O–H groups in total. The van der Waals surface area contributed by atoms with Crippen LogP contribution in [0.2, 0.25) is 0 Å². The summed E-state index contributed by atoms with van der Waals surface area (Å²) in [5, 5.41) is 0.252. The summed E-state index contributed by atoms with van der Waals surface area (Å²) in [6, 6.07) is 13.5. The molecular formula is C30H36N4O6S. The number of rotatable bonds is 11. The second-order valence-corrected chi connectivity index (χ2v) is 11.2. The number of unbranched alkanes of at least 4 members (excludes halogenated alkanes) is 1. The number of aromatic nitrogens is 2. The number of para-hydroxylation sites is 1. The minimum atomic E-state index is -0.513. The summed E-state index contributed by atoms with van der Waals surface area (Å²) in [7, 11) is 0. The third-order valence-electron chi connectivity index (χ3n) is 7.33. The fourth-order valence-corrected chi connectivity index (χ4v) is 6.23. The van der Waals surface area contributed by atoms with E-state index in [1.165, 1.54) is 16.3 Å². The first-order valence-electron chi connectivity index (χ1n) is 14.2. The van der Waals surface area contributed by atoms with Crippen molar-refractivity contribution in [3.63, 3.8) is 0 Å². The number of thioether (sulfide) groups is 1. The third-order valence-corrected chi connectivity index (χ3v) is 8.57. The minimum absolute atomic E-state index is 0.0146. The van der Waals surface area contributed by atoms with E-state index in [0.717, 1.165) is 31.6 Å². The van der Waals surface area contributed by atoms with E-state index >= 15 is 0 Å². The predicted molar refractivity (Wildman–Crippen MR) is 158 cm³/mol. The first-order valence-corrected chi connectivity index (χ1v) is 15.1. The molecule has 1 atom stereocenters. The largest absolute Gasteiger partial charge is 0.465 e. The summed E-state index contributed by atoms with van der Waals surface area (Å²) in [5.74, 6) is 0.670. The maximum absolute atomic E-state index is 13.8. The molecule has 41 heavy (non-hydrogen) atoms. The standard InChI is InChI=1S/C30H36N4O6S/c1-3-5-11-26(29(37)38-4-2)41-30-31-23-19-25-24(39-20-40-25)18-22(23)28(36)34(30)13-12-27(35)33-16-14-32(15-17-33)21-9-7-6-8-10-21/h6-10,18-19,26H,3-5,11-17,20H2,1-2H3/t26-/m0/s1. The van der Waals surface area contributed by atoms with E-state index in [0.29, 0.717) is 47.1 Å². The summed E-state index contributed by atoms with van der Waals surface area (Å²) in [4.78, 5) is 48.8. The van der Waals surface area contributed by atoms with Gasteiger partial charge in [0.05, 0.1) is 17.5 Å². The van der Waals surface area contributed by atoms with Gasteiger partial charge < -0.3 is 24.0 Å². The Balaban J connectivity index is 1.37. The zero-order valence-corrected chi connectivity index (χ0v) is 24.4. The average molecular weight is 581 g/mol. The molecule has 2 aliphatic heterocycles. The van der Waals surface area contributed by atoms with Crippen molar-refractivity contribution in [2.45, 2.75) is 56.5 Å². The quantitative estimate of drug-likeness (QED) is 0.189. The van der Waals surface area contributed by atoms with Crippen molar-refractivity contribution in [1.82, 2.24) is 14.5 Å². The SMILES string of the molecule is CCCC[C@H](Sc1nc2cc3c(cc2c(=O)n1CCC(=O)N1CCN(c2ccccc2)CC1)OCO3)C(=O)OCC. The van der Waals surface area contributed by atoms with Gasteiger partial charge in [0.15, 0.2) is 16.7 Å². The molecule has 2 aromatic carbocycles. The molecule has 3 heterocycles. The van der Waals surface area contributed by atoms with E-state index in [1.54, 1.807) is 19.1 Å². The van der Waals surface area contributed by atoms with Crippen molar-refractivity contribution in [2.24, 2.45) is 0 Å². The van der Waals surface area contributed by atoms with Crippen LogP contribution in [-0.4, -0.2) is 71.2 Å². The maximum Gasteiger partial charge on any atom is 0.319 e. The average Bonchev–Trinajstić information content (AvgIpc) is 3.46. The van der Waals surface area contributed by atoms with Crippen LogP contribution < -0.4 is 19.9 Å². The topological polar surface area (TPSA) is 103 Å². The van der Waals surface area contributed by atoms with Crippen molar-refractivity contribution in [3.05, 3.63) is 52.8 Å². The van der Waals surface area contributed by atoms with E-state index in [2.05, 4.69) is 24.0 Å². The van der Waals surface area contributed by atoms with Crippen molar-refractivity contribution >= 4 is 40.2 Å². The Morgan fingerprint density at radius 3 is 2.49 bits per heavy atom. The summed E-state index contributed by atoms with van der Waals surface area (Å²) >= 11 is 1.22. The smallest absolute Gasteiger partial charge is 0.319 e. The van der Waals surface area contributed by atoms with E-state index in [-0.39, 0.29) is 43.8 Å². The molecule has 0 unspecified atom stereocenters. The number of anilines is 1. The molecule has 1 amide bonds. The number of piperazine rings is 1. The minimum Gasteiger partial charge on any atom is -0.465 e. The monoisotopic (exact) mass is 580 g/mol. The van der Waals surface area contributed by atoms with Crippen LogP contribution in [0.5, 0.6) is 11.5 Å². The summed E-state index contributed by atoms with van der Waals surface area (Å²) in [6.45, 7) is 7.07. The molecule has 10 nitrogen and oxygen atoms in total. The summed E-state index contributed by atoms with van der Waals surface area (Å²) in [6.07, 6.45) is 2.50. The Labute approximate surface area is 243 Å². The van der Waals surface area contributed by atoms with Gasteiger partial charge >= 0.3 is 5.97 Å². The second kappa shape index (κ2) is 13.3. The fourth-order valence-electron chi connectivity index (χ4n) is 5.07. The number of nitrogens with zero attached hydrogens (tertiary/aromatic N) is 4. The fraction of sp³-hybridized carbons (Fsp3) is 0.467. The normalized spacial score (nSPS) is 15.3. The summed E-state index contributed by atoms with van der Waals surface area (Å²) in [5.41, 5.74) is 1.32. The molecule has 0 radical (unpaired) electrons. The molecule has 1 fully saturated rings. The third kappa shape index (κ3) is 6.61. The number of esters is 1. The molecule has 0 bridgehead atoms. The zero-order valence-electron chi connectivity index (χ0n) is 23.5. The van der Waals surface area contributed by atoms with Crippen LogP contribution in [0.15, 0.2) is 52.4 Å². The number of fused-ring (bicyclic) bond motifs is 2. The number of carbonyl (C=O) groups excluding carboxylic acids is 2. The van der Waals surface area contributed by atoms with Crippen molar-refractivity contribution < 1.29 is 23.8 Å². The number of carbonyl (C=O) groups is 2. The Morgan fingerprint density at radius 2 is 1.78 bits per heavy atom. The van der Waals surface area contributed by atoms with E-state index < -0.39 is 5.25 Å². The van der Waals surface area contributed by atoms with Crippen LogP contribution in [-0.2, 0) is 20.9 Å². The van der Waals surface area contributed by atoms with Gasteiger partial charge in [-0.05, 0) is 31.5 Å². The highest BCUT2D eigenvalue weighted by atomic mass is 32.2. The van der Waals surface area contributed by atoms with E-state index in [9.17, 15) is 14.4 Å². The van der Waals surface area contributed by atoms with Gasteiger partial charge in [0.25, 0.3) is 5.56 Å². The first kappa shape index (κ1) is 28.8. The van der Waals surface area contributed by atoms with Gasteiger partial charge in [0, 0.05) is 50.9 Å². The number of hydrogen-bond donors (Lipinski definition) is 0. The van der Waals surface area contributed by atoms with Crippen LogP contribution in [0.25, 0.3) is 10.9 Å². The van der Waals surface area contributed by atoms with Gasteiger partial charge in [-0.1, -0.05) is 49.7 Å². The zero-order chi connectivity index (χ0) is 28.8. The van der Waals surface area contributed by atoms with E-state index in [4.69, 9.17) is 19.2 Å². The number of benzene rings is 2. The van der Waals surface area contributed by atoms with Gasteiger partial charge in [-0.15, -0.1) is 0 Å². The summed E-state index contributed by atoms with van der Waals surface area (Å²) < 4.78 is 17.8. The first-order chi connectivity index (χ1) is 20.0. The molecule has 1 saturated heterocycles. The molecular weight excluding hydrogens is 544 g/mol. The Hall–Kier alpha value is -3.73. The Bertz CT molecular complexity index is 1440. The number of ether oxygens (including phenoxy) is 3. The number of hydrogen-bond acceptors (Lipinski definition) is 9. The van der Waals surface area contributed by atoms with Crippen LogP contribution in [0.1, 0.15) is 39.5 Å². The lowest BCUT2D eigenvalue weighted by Crippen LogP contribution is -2.49. The van der Waals surface area contributed by atoms with Crippen LogP contribution in [0.3, 0.4) is 0 Å². The lowest BCUT2D eigenvalue weighted by atomic mass is 10.2. The molecule has 3 aromatic rings. The molecule has 0 aliphatic carbocycles. The molecule has 5 rings (SSSR count). The lowest BCUT2D eigenvalue weighted by molar-refractivity contribution is -0.142. The molecule has 11 heteroatoms. The molecule has 1 aromatic heterocycles.